The Bertz CT molecular complexity index is 793. The van der Waals surface area contributed by atoms with E-state index in [0.717, 1.165) is 29.3 Å². The lowest BCUT2D eigenvalue weighted by Crippen LogP contribution is -2.25. The number of phenols is 1. The number of nitrogens with one attached hydrogen (secondary N) is 2. The second-order valence-corrected chi connectivity index (χ2v) is 5.63. The van der Waals surface area contributed by atoms with Crippen LogP contribution in [0, 0.1) is 0 Å². The van der Waals surface area contributed by atoms with Crippen molar-refractivity contribution in [3.05, 3.63) is 65.9 Å². The van der Waals surface area contributed by atoms with Crippen LogP contribution in [-0.4, -0.2) is 22.5 Å². The summed E-state index contributed by atoms with van der Waals surface area (Å²) in [4.78, 5) is 15.1. The van der Waals surface area contributed by atoms with E-state index < -0.39 is 0 Å². The van der Waals surface area contributed by atoms with Gasteiger partial charge in [0.15, 0.2) is 0 Å². The number of aromatic hydroxyl groups is 1. The molecule has 4 nitrogen and oxygen atoms in total. The molecule has 2 aromatic carbocycles. The van der Waals surface area contributed by atoms with Gasteiger partial charge in [0, 0.05) is 30.1 Å². The third-order valence-corrected chi connectivity index (χ3v) is 3.95. The Morgan fingerprint density at radius 3 is 2.74 bits per heavy atom. The average molecular weight is 308 g/mol. The molecule has 118 valence electrons. The number of aromatic amines is 1. The molecule has 1 aromatic heterocycles. The van der Waals surface area contributed by atoms with Crippen LogP contribution in [0.15, 0.2) is 54.7 Å². The maximum Gasteiger partial charge on any atom is 0.220 e. The Morgan fingerprint density at radius 2 is 1.91 bits per heavy atom. The molecular weight excluding hydrogens is 288 g/mol. The summed E-state index contributed by atoms with van der Waals surface area (Å²) in [5, 5.41) is 13.5. The van der Waals surface area contributed by atoms with Crippen molar-refractivity contribution in [2.24, 2.45) is 0 Å². The van der Waals surface area contributed by atoms with Crippen LogP contribution in [0.25, 0.3) is 10.9 Å². The summed E-state index contributed by atoms with van der Waals surface area (Å²) in [7, 11) is 0. The van der Waals surface area contributed by atoms with Crippen molar-refractivity contribution in [2.45, 2.75) is 19.3 Å². The van der Waals surface area contributed by atoms with E-state index in [1.807, 2.05) is 42.6 Å². The van der Waals surface area contributed by atoms with Crippen molar-refractivity contribution in [1.29, 1.82) is 0 Å². The van der Waals surface area contributed by atoms with Crippen LogP contribution in [-0.2, 0) is 17.6 Å². The molecule has 0 bridgehead atoms. The molecule has 0 aliphatic heterocycles. The van der Waals surface area contributed by atoms with E-state index in [1.54, 1.807) is 12.1 Å². The minimum Gasteiger partial charge on any atom is -0.508 e. The van der Waals surface area contributed by atoms with Crippen LogP contribution in [0.1, 0.15) is 17.5 Å². The van der Waals surface area contributed by atoms with Gasteiger partial charge in [0.25, 0.3) is 0 Å². The van der Waals surface area contributed by atoms with E-state index in [0.29, 0.717) is 13.0 Å². The van der Waals surface area contributed by atoms with Crippen molar-refractivity contribution < 1.29 is 9.90 Å². The second-order valence-electron chi connectivity index (χ2n) is 5.63. The van der Waals surface area contributed by atoms with Crippen LogP contribution < -0.4 is 5.32 Å². The van der Waals surface area contributed by atoms with E-state index >= 15 is 0 Å². The number of rotatable bonds is 6. The molecule has 23 heavy (non-hydrogen) atoms. The largest absolute Gasteiger partial charge is 0.508 e. The number of aryl methyl sites for hydroxylation is 1. The molecule has 0 aliphatic rings. The second kappa shape index (κ2) is 7.01. The smallest absolute Gasteiger partial charge is 0.220 e. The molecule has 4 heteroatoms. The number of carbonyl (C=O) groups is 1. The van der Waals surface area contributed by atoms with Crippen LogP contribution >= 0.6 is 0 Å². The predicted octanol–water partition coefficient (Wildman–Crippen LogP) is 3.17. The molecule has 0 radical (unpaired) electrons. The summed E-state index contributed by atoms with van der Waals surface area (Å²) in [6.45, 7) is 0.593. The monoisotopic (exact) mass is 308 g/mol. The Balaban J connectivity index is 1.48. The van der Waals surface area contributed by atoms with Crippen molar-refractivity contribution in [3.63, 3.8) is 0 Å². The van der Waals surface area contributed by atoms with Gasteiger partial charge >= 0.3 is 0 Å². The summed E-state index contributed by atoms with van der Waals surface area (Å²) in [5.74, 6) is 0.321. The van der Waals surface area contributed by atoms with Crippen molar-refractivity contribution in [3.8, 4) is 5.75 Å². The van der Waals surface area contributed by atoms with Gasteiger partial charge in [-0.2, -0.15) is 0 Å². The highest BCUT2D eigenvalue weighted by molar-refractivity contribution is 5.84. The molecule has 0 unspecified atom stereocenters. The van der Waals surface area contributed by atoms with Crippen molar-refractivity contribution in [2.75, 3.05) is 6.54 Å². The highest BCUT2D eigenvalue weighted by Crippen LogP contribution is 2.22. The number of aromatic nitrogens is 1. The molecule has 3 aromatic rings. The predicted molar refractivity (Wildman–Crippen MR) is 91.4 cm³/mol. The number of hydrogen-bond acceptors (Lipinski definition) is 2. The van der Waals surface area contributed by atoms with Crippen LogP contribution in [0.3, 0.4) is 0 Å². The van der Waals surface area contributed by atoms with E-state index in [-0.39, 0.29) is 11.7 Å². The Morgan fingerprint density at radius 1 is 1.09 bits per heavy atom. The Hall–Kier alpha value is -2.75. The maximum atomic E-state index is 11.9. The number of amides is 1. The van der Waals surface area contributed by atoms with E-state index in [9.17, 15) is 9.90 Å². The maximum absolute atomic E-state index is 11.9. The zero-order valence-corrected chi connectivity index (χ0v) is 12.9. The third kappa shape index (κ3) is 3.92. The van der Waals surface area contributed by atoms with Gasteiger partial charge in [0.05, 0.1) is 0 Å². The SMILES string of the molecule is O=C(CCc1ccccc1)NCCc1c[nH]c2ccc(O)cc12. The van der Waals surface area contributed by atoms with Gasteiger partial charge in [0.2, 0.25) is 5.91 Å². The molecular formula is C19H20N2O2. The quantitative estimate of drug-likeness (QED) is 0.655. The highest BCUT2D eigenvalue weighted by Gasteiger charge is 2.06. The fraction of sp³-hybridized carbons (Fsp3) is 0.211. The zero-order valence-electron chi connectivity index (χ0n) is 12.9. The van der Waals surface area contributed by atoms with Gasteiger partial charge < -0.3 is 15.4 Å². The number of hydrogen-bond donors (Lipinski definition) is 3. The van der Waals surface area contributed by atoms with Crippen LogP contribution in [0.4, 0.5) is 0 Å². The fourth-order valence-electron chi connectivity index (χ4n) is 2.70. The molecule has 0 aliphatic carbocycles. The van der Waals surface area contributed by atoms with Gasteiger partial charge in [-0.1, -0.05) is 30.3 Å². The lowest BCUT2D eigenvalue weighted by Gasteiger charge is -2.05. The number of phenolic OH excluding ortho intramolecular Hbond substituents is 1. The number of benzene rings is 2. The molecule has 0 saturated heterocycles. The molecule has 0 spiro atoms. The Kier molecular flexibility index (Phi) is 4.62. The van der Waals surface area contributed by atoms with Gasteiger partial charge in [-0.25, -0.2) is 0 Å². The van der Waals surface area contributed by atoms with Gasteiger partial charge in [-0.15, -0.1) is 0 Å². The summed E-state index contributed by atoms with van der Waals surface area (Å²) < 4.78 is 0. The molecule has 1 amide bonds. The van der Waals surface area contributed by atoms with Crippen molar-refractivity contribution in [1.82, 2.24) is 10.3 Å². The average Bonchev–Trinajstić information content (AvgIpc) is 2.96. The lowest BCUT2D eigenvalue weighted by atomic mass is 10.1. The highest BCUT2D eigenvalue weighted by atomic mass is 16.3. The van der Waals surface area contributed by atoms with Crippen LogP contribution in [0.5, 0.6) is 5.75 Å². The normalized spacial score (nSPS) is 10.8. The van der Waals surface area contributed by atoms with E-state index in [1.165, 1.54) is 5.56 Å². The van der Waals surface area contributed by atoms with Gasteiger partial charge in [-0.3, -0.25) is 4.79 Å². The van der Waals surface area contributed by atoms with Gasteiger partial charge in [0.1, 0.15) is 5.75 Å². The van der Waals surface area contributed by atoms with Gasteiger partial charge in [-0.05, 0) is 42.2 Å². The molecule has 1 heterocycles. The molecule has 3 rings (SSSR count). The number of H-pyrrole nitrogens is 1. The lowest BCUT2D eigenvalue weighted by molar-refractivity contribution is -0.121. The Labute approximate surface area is 135 Å². The van der Waals surface area contributed by atoms with Crippen LogP contribution in [0.2, 0.25) is 0 Å². The zero-order chi connectivity index (χ0) is 16.1. The van der Waals surface area contributed by atoms with E-state index in [2.05, 4.69) is 10.3 Å². The summed E-state index contributed by atoms with van der Waals surface area (Å²) in [6, 6.07) is 15.3. The van der Waals surface area contributed by atoms with Crippen molar-refractivity contribution >= 4 is 16.8 Å². The summed E-state index contributed by atoms with van der Waals surface area (Å²) >= 11 is 0. The number of fused-ring (bicyclic) bond motifs is 1. The minimum absolute atomic E-state index is 0.0662. The first-order valence-corrected chi connectivity index (χ1v) is 7.82. The molecule has 0 atom stereocenters. The summed E-state index contributed by atoms with van der Waals surface area (Å²) in [5.41, 5.74) is 3.27. The molecule has 3 N–H and O–H groups in total. The topological polar surface area (TPSA) is 65.1 Å². The minimum atomic E-state index is 0.0662. The number of carbonyl (C=O) groups excluding carboxylic acids is 1. The molecule has 0 saturated carbocycles. The summed E-state index contributed by atoms with van der Waals surface area (Å²) in [6.07, 6.45) is 3.92. The first kappa shape index (κ1) is 15.2. The standard InChI is InChI=1S/C19H20N2O2/c22-16-7-8-18-17(12-16)15(13-21-18)10-11-20-19(23)9-6-14-4-2-1-3-5-14/h1-5,7-8,12-13,21-22H,6,9-11H2,(H,20,23). The first-order valence-electron chi connectivity index (χ1n) is 7.82. The molecule has 0 fully saturated rings. The van der Waals surface area contributed by atoms with E-state index in [4.69, 9.17) is 0 Å². The third-order valence-electron chi connectivity index (χ3n) is 3.95. The fourth-order valence-corrected chi connectivity index (χ4v) is 2.70. The first-order chi connectivity index (χ1) is 11.2.